The van der Waals surface area contributed by atoms with Crippen molar-refractivity contribution in [3.8, 4) is 22.5 Å². The lowest BCUT2D eigenvalue weighted by atomic mass is 9.96. The Bertz CT molecular complexity index is 3260. The highest BCUT2D eigenvalue weighted by atomic mass is 28.4. The number of aliphatic hydroxyl groups excluding tert-OH is 1. The molecule has 0 amide bonds. The van der Waals surface area contributed by atoms with Crippen molar-refractivity contribution in [2.24, 2.45) is 0 Å². The van der Waals surface area contributed by atoms with Crippen LogP contribution in [-0.4, -0.2) is 55.4 Å². The molecule has 71 heavy (non-hydrogen) atoms. The summed E-state index contributed by atoms with van der Waals surface area (Å²) in [5.74, 6) is -0.782. The lowest BCUT2D eigenvalue weighted by Crippen LogP contribution is -2.41. The molecule has 17 heteroatoms. The van der Waals surface area contributed by atoms with E-state index < -0.39 is 43.7 Å². The van der Waals surface area contributed by atoms with Crippen LogP contribution in [0.2, 0.25) is 18.1 Å². The first-order valence-electron chi connectivity index (χ1n) is 22.9. The van der Waals surface area contributed by atoms with Crippen molar-refractivity contribution in [1.29, 1.82) is 0 Å². The summed E-state index contributed by atoms with van der Waals surface area (Å²) in [6.45, 7) is 18.6. The molecular formula is C54H54F6N6O4Si. The van der Waals surface area contributed by atoms with Gasteiger partial charge >= 0.3 is 12.4 Å². The summed E-state index contributed by atoms with van der Waals surface area (Å²) in [5, 5.41) is 26.0. The van der Waals surface area contributed by atoms with Crippen LogP contribution in [0.15, 0.2) is 109 Å². The average molecular weight is 993 g/mol. The van der Waals surface area contributed by atoms with Crippen LogP contribution in [0.1, 0.15) is 112 Å². The van der Waals surface area contributed by atoms with E-state index in [0.717, 1.165) is 63.0 Å². The van der Waals surface area contributed by atoms with E-state index in [4.69, 9.17) is 9.41 Å². The third-order valence-electron chi connectivity index (χ3n) is 12.9. The number of H-pyrrole nitrogens is 2. The first kappa shape index (κ1) is 52.0. The minimum Gasteiger partial charge on any atom is -0.409 e. The number of halogens is 6. The number of Topliss-reactive ketones (excluding diaryl/α,β-unsaturated/α-hetero) is 2. The number of carbonyl (C=O) groups is 2. The lowest BCUT2D eigenvalue weighted by Gasteiger charge is -2.38. The number of fused-ring (bicyclic) bond motifs is 2. The predicted octanol–water partition coefficient (Wildman–Crippen LogP) is 13.9. The van der Waals surface area contributed by atoms with E-state index >= 15 is 0 Å². The number of nitrogens with one attached hydrogen (secondary N) is 2. The summed E-state index contributed by atoms with van der Waals surface area (Å²) in [4.78, 5) is 34.8. The van der Waals surface area contributed by atoms with Crippen LogP contribution in [0.3, 0.4) is 0 Å². The van der Waals surface area contributed by atoms with Gasteiger partial charge in [0, 0.05) is 45.9 Å². The Hall–Kier alpha value is -6.82. The highest BCUT2D eigenvalue weighted by molar-refractivity contribution is 6.74. The number of benzene rings is 4. The topological polar surface area (TPSA) is 147 Å². The molecule has 0 unspecified atom stereocenters. The van der Waals surface area contributed by atoms with Crippen LogP contribution in [0.25, 0.3) is 44.6 Å². The van der Waals surface area contributed by atoms with Crippen LogP contribution in [-0.2, 0) is 29.6 Å². The Balaban J connectivity index is 0.000000213. The molecule has 0 aliphatic carbocycles. The Labute approximate surface area is 408 Å². The maximum absolute atomic E-state index is 13.1. The summed E-state index contributed by atoms with van der Waals surface area (Å²) >= 11 is 0. The third-order valence-corrected chi connectivity index (χ3v) is 17.5. The molecule has 4 heterocycles. The average Bonchev–Trinajstić information content (AvgIpc) is 3.94. The number of aromatic nitrogens is 6. The second kappa shape index (κ2) is 20.1. The number of hydrogen-bond acceptors (Lipinski definition) is 8. The first-order valence-corrected chi connectivity index (χ1v) is 25.8. The smallest absolute Gasteiger partial charge is 0.409 e. The zero-order chi connectivity index (χ0) is 51.8. The summed E-state index contributed by atoms with van der Waals surface area (Å²) in [6, 6.07) is 27.5. The van der Waals surface area contributed by atoms with Gasteiger partial charge in [-0.05, 0) is 129 Å². The van der Waals surface area contributed by atoms with E-state index in [-0.39, 0.29) is 40.9 Å². The molecule has 3 N–H and O–H groups in total. The van der Waals surface area contributed by atoms with Gasteiger partial charge in [-0.2, -0.15) is 36.5 Å². The van der Waals surface area contributed by atoms with Gasteiger partial charge in [0.1, 0.15) is 0 Å². The van der Waals surface area contributed by atoms with E-state index in [1.165, 1.54) is 24.3 Å². The zero-order valence-electron chi connectivity index (χ0n) is 40.7. The molecule has 8 rings (SSSR count). The van der Waals surface area contributed by atoms with Crippen molar-refractivity contribution in [2.45, 2.75) is 104 Å². The van der Waals surface area contributed by atoms with Gasteiger partial charge in [0.05, 0.1) is 46.1 Å². The second-order valence-corrected chi connectivity index (χ2v) is 24.0. The summed E-state index contributed by atoms with van der Waals surface area (Å²) in [6.07, 6.45) is -9.94. The van der Waals surface area contributed by atoms with Crippen LogP contribution in [0, 0.1) is 13.8 Å². The number of pyridine rings is 2. The zero-order valence-corrected chi connectivity index (χ0v) is 41.7. The number of nitrogens with zero attached hydrogens (tertiary/aromatic N) is 4. The minimum absolute atomic E-state index is 0.0173. The van der Waals surface area contributed by atoms with Gasteiger partial charge in [0.15, 0.2) is 31.2 Å². The molecule has 0 bridgehead atoms. The lowest BCUT2D eigenvalue weighted by molar-refractivity contribution is -0.138. The molecule has 0 saturated heterocycles. The van der Waals surface area contributed by atoms with Crippen LogP contribution >= 0.6 is 0 Å². The molecular weight excluding hydrogens is 939 g/mol. The molecule has 10 nitrogen and oxygen atoms in total. The van der Waals surface area contributed by atoms with E-state index in [2.05, 4.69) is 59.2 Å². The summed E-state index contributed by atoms with van der Waals surface area (Å²) in [7, 11) is -1.99. The largest absolute Gasteiger partial charge is 0.416 e. The maximum atomic E-state index is 13.1. The van der Waals surface area contributed by atoms with Gasteiger partial charge in [-0.1, -0.05) is 69.3 Å². The fourth-order valence-corrected chi connectivity index (χ4v) is 9.22. The van der Waals surface area contributed by atoms with Gasteiger partial charge < -0.3 is 9.53 Å². The predicted molar refractivity (Wildman–Crippen MR) is 264 cm³/mol. The highest BCUT2D eigenvalue weighted by Gasteiger charge is 2.39. The number of hydrogen-bond donors (Lipinski definition) is 3. The highest BCUT2D eigenvalue weighted by Crippen LogP contribution is 2.41. The van der Waals surface area contributed by atoms with Gasteiger partial charge in [-0.15, -0.1) is 0 Å². The number of aromatic amines is 2. The molecule has 4 aromatic carbocycles. The fraction of sp³-hybridized carbons (Fsp3) is 0.296. The van der Waals surface area contributed by atoms with E-state index in [9.17, 15) is 41.0 Å². The van der Waals surface area contributed by atoms with Crippen molar-refractivity contribution in [3.05, 3.63) is 165 Å². The van der Waals surface area contributed by atoms with Gasteiger partial charge in [0.25, 0.3) is 0 Å². The fourth-order valence-electron chi connectivity index (χ4n) is 7.86. The van der Waals surface area contributed by atoms with Crippen LogP contribution in [0.5, 0.6) is 0 Å². The van der Waals surface area contributed by atoms with E-state index in [0.29, 0.717) is 39.5 Å². The SMILES string of the molecule is Cc1ccc(CC(=O)c2cccc(C(F)(F)F)c2)cc1-c1ccc2c([C@H](C)O)[nH]nc2n1.Cc1ccc(CC(=O)c2cccc(C(F)(F)F)c2)cc1-c1ccc2c([C@H](C)O[Si](C)(C)C(C)(C)C)[nH]nc2n1. The molecule has 0 spiro atoms. The quantitative estimate of drug-likeness (QED) is 0.0623. The number of carbonyl (C=O) groups excluding carboxylic acids is 2. The number of aryl methyl sites for hydroxylation is 2. The number of rotatable bonds is 12. The Morgan fingerprint density at radius 1 is 0.620 bits per heavy atom. The minimum atomic E-state index is -4.50. The second-order valence-electron chi connectivity index (χ2n) is 19.3. The normalized spacial score (nSPS) is 13.2. The van der Waals surface area contributed by atoms with Crippen molar-refractivity contribution >= 4 is 42.0 Å². The molecule has 0 saturated carbocycles. The molecule has 2 atom stereocenters. The molecule has 0 fully saturated rings. The van der Waals surface area contributed by atoms with Crippen LogP contribution < -0.4 is 0 Å². The van der Waals surface area contributed by atoms with Crippen LogP contribution in [0.4, 0.5) is 26.3 Å². The molecule has 8 aromatic rings. The molecule has 0 aliphatic heterocycles. The summed E-state index contributed by atoms with van der Waals surface area (Å²) < 4.78 is 84.7. The first-order chi connectivity index (χ1) is 33.2. The molecule has 0 aliphatic rings. The van der Waals surface area contributed by atoms with Crippen molar-refractivity contribution in [2.75, 3.05) is 0 Å². The Morgan fingerprint density at radius 2 is 1.04 bits per heavy atom. The van der Waals surface area contributed by atoms with Gasteiger partial charge in [0.2, 0.25) is 0 Å². The van der Waals surface area contributed by atoms with Crippen molar-refractivity contribution < 1.29 is 45.5 Å². The third kappa shape index (κ3) is 11.9. The van der Waals surface area contributed by atoms with Crippen molar-refractivity contribution in [3.63, 3.8) is 0 Å². The Kier molecular flexibility index (Phi) is 14.7. The Morgan fingerprint density at radius 3 is 1.45 bits per heavy atom. The molecule has 4 aromatic heterocycles. The van der Waals surface area contributed by atoms with E-state index in [1.807, 2.05) is 75.4 Å². The summed E-state index contributed by atoms with van der Waals surface area (Å²) in [5.41, 5.74) is 7.08. The number of aliphatic hydroxyl groups is 1. The molecule has 0 radical (unpaired) electrons. The molecule has 370 valence electrons. The maximum Gasteiger partial charge on any atom is 0.416 e. The van der Waals surface area contributed by atoms with E-state index in [1.54, 1.807) is 13.0 Å². The van der Waals surface area contributed by atoms with Gasteiger partial charge in [-0.3, -0.25) is 19.8 Å². The standard InChI is InChI=1S/C30H34F3N3O2Si.C24H20F3N3O2/c1-18-11-12-20(16-26(37)21-9-8-10-22(17-21)30(31,32)33)15-24(18)25-14-13-23-27(35-36-28(23)34-25)19(2)38-39(6,7)29(3,4)5;1-13-6-7-15(11-21(32)16-4-3-5-17(12-16)24(25,26)27)10-19(13)20-9-8-18-22(14(2)31)29-30-23(18)28-20/h8-15,17,19H,16H2,1-7H3,(H,34,35,36);3-10,12,14,31H,11H2,1-2H3,(H,28,29,30)/t19-;14-/m00/s1. The van der Waals surface area contributed by atoms with Crippen molar-refractivity contribution in [1.82, 2.24) is 30.4 Å². The monoisotopic (exact) mass is 992 g/mol. The van der Waals surface area contributed by atoms with Gasteiger partial charge in [-0.25, -0.2) is 9.97 Å². The number of alkyl halides is 6. The number of ketones is 2.